The molecule has 1 heterocycles. The fourth-order valence-corrected chi connectivity index (χ4v) is 1.64. The number of benzene rings is 1. The molecule has 5 heteroatoms. The monoisotopic (exact) mass is 248 g/mol. The highest BCUT2D eigenvalue weighted by Crippen LogP contribution is 2.27. The number of hydrogen-bond acceptors (Lipinski definition) is 2. The van der Waals surface area contributed by atoms with Crippen molar-refractivity contribution in [3.8, 4) is 17.2 Å². The van der Waals surface area contributed by atoms with Gasteiger partial charge in [0, 0.05) is 11.1 Å². The largest absolute Gasteiger partial charge is 0.223 e. The van der Waals surface area contributed by atoms with E-state index in [1.54, 1.807) is 0 Å². The van der Waals surface area contributed by atoms with Gasteiger partial charge < -0.3 is 0 Å². The van der Waals surface area contributed by atoms with Crippen molar-refractivity contribution in [1.82, 2.24) is 4.98 Å². The van der Waals surface area contributed by atoms with Crippen molar-refractivity contribution in [3.63, 3.8) is 0 Å². The minimum atomic E-state index is -1.04. The molecule has 1 aromatic heterocycles. The molecule has 0 spiro atoms. The number of aromatic nitrogens is 1. The van der Waals surface area contributed by atoms with E-state index in [0.29, 0.717) is 0 Å². The predicted molar refractivity (Wildman–Crippen MR) is 58.9 cm³/mol. The van der Waals surface area contributed by atoms with Crippen LogP contribution >= 0.6 is 0 Å². The van der Waals surface area contributed by atoms with Crippen molar-refractivity contribution in [2.75, 3.05) is 0 Å². The molecule has 2 nitrogen and oxygen atoms in total. The van der Waals surface area contributed by atoms with Gasteiger partial charge in [0.2, 0.25) is 5.95 Å². The topological polar surface area (TPSA) is 36.7 Å². The summed E-state index contributed by atoms with van der Waals surface area (Å²) in [5, 5.41) is 8.63. The third kappa shape index (κ3) is 2.18. The van der Waals surface area contributed by atoms with Crippen LogP contribution in [0.25, 0.3) is 11.1 Å². The van der Waals surface area contributed by atoms with Crippen molar-refractivity contribution in [1.29, 1.82) is 5.26 Å². The van der Waals surface area contributed by atoms with Gasteiger partial charge in [-0.05, 0) is 18.2 Å². The van der Waals surface area contributed by atoms with E-state index in [2.05, 4.69) is 4.98 Å². The van der Waals surface area contributed by atoms with E-state index in [1.165, 1.54) is 18.2 Å². The Bertz CT molecular complexity index is 633. The molecule has 90 valence electrons. The van der Waals surface area contributed by atoms with E-state index in [4.69, 9.17) is 5.26 Å². The summed E-state index contributed by atoms with van der Waals surface area (Å²) < 4.78 is 39.7. The number of hydrogen-bond donors (Lipinski definition) is 0. The molecule has 1 aromatic carbocycles. The molecule has 0 unspecified atom stereocenters. The highest BCUT2D eigenvalue weighted by Gasteiger charge is 2.14. The van der Waals surface area contributed by atoms with E-state index in [9.17, 15) is 13.2 Å². The van der Waals surface area contributed by atoms with Crippen LogP contribution in [0.1, 0.15) is 5.69 Å². The molecule has 0 amide bonds. The molecule has 0 aliphatic heterocycles. The number of rotatable bonds is 2. The Morgan fingerprint density at radius 1 is 1.06 bits per heavy atom. The lowest BCUT2D eigenvalue weighted by Crippen LogP contribution is -1.98. The van der Waals surface area contributed by atoms with Gasteiger partial charge in [-0.1, -0.05) is 12.1 Å². The average molecular weight is 248 g/mol. The van der Waals surface area contributed by atoms with Gasteiger partial charge >= 0.3 is 0 Å². The van der Waals surface area contributed by atoms with Crippen LogP contribution in [0.3, 0.4) is 0 Å². The molecule has 18 heavy (non-hydrogen) atoms. The van der Waals surface area contributed by atoms with E-state index in [1.807, 2.05) is 6.07 Å². The first-order valence-electron chi connectivity index (χ1n) is 5.10. The van der Waals surface area contributed by atoms with Crippen LogP contribution in [0.5, 0.6) is 0 Å². The Labute approximate surface area is 101 Å². The van der Waals surface area contributed by atoms with Crippen molar-refractivity contribution >= 4 is 0 Å². The maximum Gasteiger partial charge on any atom is 0.213 e. The van der Waals surface area contributed by atoms with Gasteiger partial charge in [-0.25, -0.2) is 13.8 Å². The Kier molecular flexibility index (Phi) is 3.28. The average Bonchev–Trinajstić information content (AvgIpc) is 2.34. The summed E-state index contributed by atoms with van der Waals surface area (Å²) in [6.45, 7) is 0. The highest BCUT2D eigenvalue weighted by molar-refractivity contribution is 5.66. The summed E-state index contributed by atoms with van der Waals surface area (Å²) in [6, 6.07) is 7.82. The van der Waals surface area contributed by atoms with Gasteiger partial charge in [0.15, 0.2) is 11.6 Å². The summed E-state index contributed by atoms with van der Waals surface area (Å²) in [5.74, 6) is -2.80. The molecule has 0 fully saturated rings. The van der Waals surface area contributed by atoms with Crippen LogP contribution < -0.4 is 0 Å². The molecule has 0 aliphatic rings. The van der Waals surface area contributed by atoms with Gasteiger partial charge in [0.1, 0.15) is 0 Å². The van der Waals surface area contributed by atoms with Crippen molar-refractivity contribution in [2.45, 2.75) is 6.42 Å². The Morgan fingerprint density at radius 2 is 1.83 bits per heavy atom. The Balaban J connectivity index is 2.64. The van der Waals surface area contributed by atoms with Gasteiger partial charge in [-0.2, -0.15) is 9.65 Å². The van der Waals surface area contributed by atoms with Gasteiger partial charge in [0.25, 0.3) is 0 Å². The molecular formula is C13H7F3N2. The first-order valence-corrected chi connectivity index (χ1v) is 5.10. The van der Waals surface area contributed by atoms with E-state index >= 15 is 0 Å². The normalized spacial score (nSPS) is 10.1. The van der Waals surface area contributed by atoms with Crippen LogP contribution in [0.15, 0.2) is 30.3 Å². The lowest BCUT2D eigenvalue weighted by molar-refractivity contribution is 0.511. The molecule has 2 aromatic rings. The van der Waals surface area contributed by atoms with E-state index < -0.39 is 17.6 Å². The van der Waals surface area contributed by atoms with Crippen LogP contribution in [-0.4, -0.2) is 4.98 Å². The lowest BCUT2D eigenvalue weighted by Gasteiger charge is -2.07. The molecule has 0 N–H and O–H groups in total. The second-order valence-corrected chi connectivity index (χ2v) is 3.56. The molecular weight excluding hydrogens is 241 g/mol. The number of nitrogens with zero attached hydrogens (tertiary/aromatic N) is 2. The fourth-order valence-electron chi connectivity index (χ4n) is 1.64. The van der Waals surface area contributed by atoms with Gasteiger partial charge in [-0.3, -0.25) is 0 Å². The van der Waals surface area contributed by atoms with Crippen LogP contribution in [-0.2, 0) is 6.42 Å². The third-order valence-corrected chi connectivity index (χ3v) is 2.43. The first kappa shape index (κ1) is 12.1. The van der Waals surface area contributed by atoms with Crippen LogP contribution in [0.4, 0.5) is 13.2 Å². The fraction of sp³-hybridized carbons (Fsp3) is 0.0769. The smallest absolute Gasteiger partial charge is 0.213 e. The Hall–Kier alpha value is -2.35. The van der Waals surface area contributed by atoms with Crippen LogP contribution in [0.2, 0.25) is 0 Å². The first-order chi connectivity index (χ1) is 8.63. The molecule has 2 rings (SSSR count). The summed E-state index contributed by atoms with van der Waals surface area (Å²) >= 11 is 0. The van der Waals surface area contributed by atoms with Gasteiger partial charge in [0.05, 0.1) is 18.2 Å². The zero-order valence-corrected chi connectivity index (χ0v) is 9.12. The number of halogens is 3. The van der Waals surface area contributed by atoms with E-state index in [0.717, 1.165) is 12.1 Å². The molecule has 0 radical (unpaired) electrons. The lowest BCUT2D eigenvalue weighted by atomic mass is 10.0. The Morgan fingerprint density at radius 3 is 2.56 bits per heavy atom. The maximum absolute atomic E-state index is 13.6. The highest BCUT2D eigenvalue weighted by atomic mass is 19.2. The molecule has 0 aliphatic carbocycles. The molecule has 0 saturated carbocycles. The van der Waals surface area contributed by atoms with Crippen molar-refractivity contribution in [3.05, 3.63) is 53.6 Å². The molecule has 0 saturated heterocycles. The second kappa shape index (κ2) is 4.88. The third-order valence-electron chi connectivity index (χ3n) is 2.43. The second-order valence-electron chi connectivity index (χ2n) is 3.56. The zero-order chi connectivity index (χ0) is 13.1. The van der Waals surface area contributed by atoms with Crippen molar-refractivity contribution in [2.24, 2.45) is 0 Å². The maximum atomic E-state index is 13.6. The van der Waals surface area contributed by atoms with E-state index in [-0.39, 0.29) is 23.2 Å². The number of pyridine rings is 1. The molecule has 0 atom stereocenters. The summed E-state index contributed by atoms with van der Waals surface area (Å²) in [4.78, 5) is 3.53. The summed E-state index contributed by atoms with van der Waals surface area (Å²) in [5.41, 5.74) is 0.268. The number of nitriles is 1. The minimum Gasteiger partial charge on any atom is -0.223 e. The molecule has 0 bridgehead atoms. The summed E-state index contributed by atoms with van der Waals surface area (Å²) in [6.07, 6.45) is -0.178. The standard InChI is InChI=1S/C13H7F3N2/c14-10-3-1-2-9(13(10)16)8-4-5-12(15)18-11(8)6-7-17/h1-5H,6H2. The SMILES string of the molecule is N#CCc1nc(F)ccc1-c1cccc(F)c1F. The van der Waals surface area contributed by atoms with Crippen molar-refractivity contribution < 1.29 is 13.2 Å². The zero-order valence-electron chi connectivity index (χ0n) is 9.12. The summed E-state index contributed by atoms with van der Waals surface area (Å²) in [7, 11) is 0. The quantitative estimate of drug-likeness (QED) is 0.765. The van der Waals surface area contributed by atoms with Gasteiger partial charge in [-0.15, -0.1) is 0 Å². The van der Waals surface area contributed by atoms with Crippen LogP contribution in [0, 0.1) is 28.9 Å². The predicted octanol–water partition coefficient (Wildman–Crippen LogP) is 3.23. The minimum absolute atomic E-state index is 0.0345.